The molecule has 4 rings (SSSR count). The molecule has 1 aliphatic carbocycles. The average Bonchev–Trinajstić information content (AvgIpc) is 2.80. The molecule has 0 aliphatic heterocycles. The van der Waals surface area contributed by atoms with Gasteiger partial charge in [-0.15, -0.1) is 0 Å². The largest absolute Gasteiger partial charge is 0.506 e. The number of pyridine rings is 1. The van der Waals surface area contributed by atoms with Gasteiger partial charge in [0, 0.05) is 35.3 Å². The summed E-state index contributed by atoms with van der Waals surface area (Å²) in [5, 5.41) is 20.6. The van der Waals surface area contributed by atoms with Gasteiger partial charge in [-0.2, -0.15) is 0 Å². The highest BCUT2D eigenvalue weighted by Gasteiger charge is 2.26. The van der Waals surface area contributed by atoms with Gasteiger partial charge < -0.3 is 19.8 Å². The summed E-state index contributed by atoms with van der Waals surface area (Å²) >= 11 is 0. The van der Waals surface area contributed by atoms with E-state index in [2.05, 4.69) is 4.98 Å². The summed E-state index contributed by atoms with van der Waals surface area (Å²) in [6.07, 6.45) is 4.08. The van der Waals surface area contributed by atoms with Crippen molar-refractivity contribution in [3.05, 3.63) is 51.4 Å². The van der Waals surface area contributed by atoms with Crippen molar-refractivity contribution < 1.29 is 15.0 Å². The van der Waals surface area contributed by atoms with Crippen molar-refractivity contribution in [2.75, 3.05) is 0 Å². The smallest absolute Gasteiger partial charge is 0.345 e. The molecule has 0 radical (unpaired) electrons. The Labute approximate surface area is 137 Å². The Morgan fingerprint density at radius 2 is 1.96 bits per heavy atom. The molecule has 0 fully saturated rings. The summed E-state index contributed by atoms with van der Waals surface area (Å²) < 4.78 is 2.04. The highest BCUT2D eigenvalue weighted by molar-refractivity contribution is 5.94. The Kier molecular flexibility index (Phi) is 3.03. The first-order chi connectivity index (χ1) is 11.5. The summed E-state index contributed by atoms with van der Waals surface area (Å²) in [5.41, 5.74) is 2.74. The van der Waals surface area contributed by atoms with Crippen LogP contribution in [0.1, 0.15) is 27.9 Å². The van der Waals surface area contributed by atoms with Crippen molar-refractivity contribution in [2.24, 2.45) is 7.05 Å². The van der Waals surface area contributed by atoms with E-state index in [9.17, 15) is 19.8 Å². The standard InChI is InChI=1S/C18H16N2O4/c1-20-8-7-10-9-3-2-4-12-15(11(9)5-6-13(10)20)19-17(22)14(16(12)21)18(23)24/h5-8H,2-4H2,1H3,(H,23,24)(H2,19,21,22). The first-order valence-electron chi connectivity index (χ1n) is 7.77. The van der Waals surface area contributed by atoms with Gasteiger partial charge in [0.15, 0.2) is 5.56 Å². The fraction of sp³-hybridized carbons (Fsp3) is 0.222. The number of hydrogen-bond donors (Lipinski definition) is 3. The second-order valence-electron chi connectivity index (χ2n) is 6.14. The molecule has 24 heavy (non-hydrogen) atoms. The van der Waals surface area contributed by atoms with Crippen LogP contribution in [0.25, 0.3) is 22.2 Å². The highest BCUT2D eigenvalue weighted by Crippen LogP contribution is 2.38. The molecule has 0 spiro atoms. The topological polar surface area (TPSA) is 95.3 Å². The van der Waals surface area contributed by atoms with Crippen molar-refractivity contribution in [1.82, 2.24) is 9.55 Å². The number of carbonyl (C=O) groups is 1. The number of carboxylic acid groups (broad SMARTS) is 1. The number of benzene rings is 1. The zero-order valence-corrected chi connectivity index (χ0v) is 13.1. The number of rotatable bonds is 1. The zero-order valence-electron chi connectivity index (χ0n) is 13.1. The average molecular weight is 324 g/mol. The van der Waals surface area contributed by atoms with E-state index in [1.165, 1.54) is 0 Å². The third-order valence-electron chi connectivity index (χ3n) is 4.81. The minimum Gasteiger partial charge on any atom is -0.506 e. The molecule has 0 unspecified atom stereocenters. The summed E-state index contributed by atoms with van der Waals surface area (Å²) in [7, 11) is 1.98. The Bertz CT molecular complexity index is 1060. The molecule has 6 heteroatoms. The number of hydrogen-bond acceptors (Lipinski definition) is 3. The number of aromatic amines is 1. The lowest BCUT2D eigenvalue weighted by Crippen LogP contribution is -2.20. The molecule has 3 aromatic rings. The molecule has 0 saturated heterocycles. The van der Waals surface area contributed by atoms with Crippen molar-refractivity contribution in [1.29, 1.82) is 0 Å². The van der Waals surface area contributed by atoms with Crippen LogP contribution in [0.3, 0.4) is 0 Å². The van der Waals surface area contributed by atoms with Gasteiger partial charge in [0.25, 0.3) is 5.56 Å². The second kappa shape index (κ2) is 4.99. The zero-order chi connectivity index (χ0) is 17.0. The third-order valence-corrected chi connectivity index (χ3v) is 4.81. The van der Waals surface area contributed by atoms with Crippen molar-refractivity contribution in [2.45, 2.75) is 19.3 Å². The van der Waals surface area contributed by atoms with Crippen LogP contribution in [-0.4, -0.2) is 25.7 Å². The maximum absolute atomic E-state index is 12.1. The van der Waals surface area contributed by atoms with Crippen molar-refractivity contribution in [3.8, 4) is 17.0 Å². The highest BCUT2D eigenvalue weighted by atomic mass is 16.4. The molecule has 1 aliphatic rings. The minimum atomic E-state index is -1.42. The van der Waals surface area contributed by atoms with E-state index >= 15 is 0 Å². The Morgan fingerprint density at radius 3 is 2.71 bits per heavy atom. The lowest BCUT2D eigenvalue weighted by atomic mass is 9.97. The number of nitrogens with one attached hydrogen (secondary N) is 1. The van der Waals surface area contributed by atoms with Gasteiger partial charge in [0.2, 0.25) is 0 Å². The van der Waals surface area contributed by atoms with E-state index in [0.717, 1.165) is 34.9 Å². The fourth-order valence-corrected chi connectivity index (χ4v) is 3.66. The van der Waals surface area contributed by atoms with Crippen LogP contribution in [0, 0.1) is 0 Å². The molecule has 0 atom stereocenters. The maximum Gasteiger partial charge on any atom is 0.345 e. The number of nitrogens with zero attached hydrogens (tertiary/aromatic N) is 1. The Hall–Kier alpha value is -3.02. The third kappa shape index (κ3) is 1.89. The minimum absolute atomic E-state index is 0.415. The van der Waals surface area contributed by atoms with Crippen LogP contribution >= 0.6 is 0 Å². The number of aromatic hydroxyl groups is 1. The number of carboxylic acids is 1. The number of aryl methyl sites for hydroxylation is 2. The first-order valence-corrected chi connectivity index (χ1v) is 7.77. The van der Waals surface area contributed by atoms with Crippen LogP contribution in [-0.2, 0) is 19.9 Å². The van der Waals surface area contributed by atoms with Gasteiger partial charge in [-0.3, -0.25) is 4.79 Å². The predicted octanol–water partition coefficient (Wildman–Crippen LogP) is 2.43. The van der Waals surface area contributed by atoms with Crippen LogP contribution < -0.4 is 5.56 Å². The molecule has 122 valence electrons. The van der Waals surface area contributed by atoms with E-state index in [4.69, 9.17) is 0 Å². The summed E-state index contributed by atoms with van der Waals surface area (Å²) in [4.78, 5) is 26.1. The quantitative estimate of drug-likeness (QED) is 0.640. The summed E-state index contributed by atoms with van der Waals surface area (Å²) in [6, 6.07) is 5.95. The molecule has 0 saturated carbocycles. The Balaban J connectivity index is 2.08. The van der Waals surface area contributed by atoms with Crippen LogP contribution in [0.15, 0.2) is 29.2 Å². The van der Waals surface area contributed by atoms with Gasteiger partial charge in [-0.25, -0.2) is 4.79 Å². The first kappa shape index (κ1) is 14.6. The Morgan fingerprint density at radius 1 is 1.21 bits per heavy atom. The fourth-order valence-electron chi connectivity index (χ4n) is 3.66. The van der Waals surface area contributed by atoms with E-state index in [-0.39, 0.29) is 0 Å². The summed E-state index contributed by atoms with van der Waals surface area (Å²) in [6.45, 7) is 0. The van der Waals surface area contributed by atoms with Gasteiger partial charge in [0.1, 0.15) is 5.75 Å². The SMILES string of the molecule is Cn1ccc2c3c(ccc21)-c1[nH]c(=O)c(C(=O)O)c(O)c1CCC3. The summed E-state index contributed by atoms with van der Waals surface area (Å²) in [5.74, 6) is -1.83. The molecular weight excluding hydrogens is 308 g/mol. The van der Waals surface area contributed by atoms with Crippen LogP contribution in [0.2, 0.25) is 0 Å². The molecule has 1 aromatic carbocycles. The molecule has 2 aromatic heterocycles. The van der Waals surface area contributed by atoms with Gasteiger partial charge in [-0.05, 0) is 37.0 Å². The van der Waals surface area contributed by atoms with Crippen LogP contribution in [0.4, 0.5) is 0 Å². The van der Waals surface area contributed by atoms with Crippen molar-refractivity contribution >= 4 is 16.9 Å². The van der Waals surface area contributed by atoms with E-state index in [1.807, 2.05) is 36.0 Å². The lowest BCUT2D eigenvalue weighted by Gasteiger charge is -2.13. The monoisotopic (exact) mass is 324 g/mol. The lowest BCUT2D eigenvalue weighted by molar-refractivity contribution is 0.0691. The van der Waals surface area contributed by atoms with Crippen molar-refractivity contribution in [3.63, 3.8) is 0 Å². The molecule has 0 bridgehead atoms. The van der Waals surface area contributed by atoms with Gasteiger partial charge in [0.05, 0.1) is 5.69 Å². The number of H-pyrrole nitrogens is 1. The number of fused-ring (bicyclic) bond motifs is 5. The molecule has 3 N–H and O–H groups in total. The molecular formula is C18H16N2O4. The molecule has 2 heterocycles. The number of aromatic nitrogens is 2. The second-order valence-corrected chi connectivity index (χ2v) is 6.14. The van der Waals surface area contributed by atoms with E-state index < -0.39 is 22.8 Å². The van der Waals surface area contributed by atoms with E-state index in [1.54, 1.807) is 0 Å². The predicted molar refractivity (Wildman–Crippen MR) is 89.6 cm³/mol. The normalized spacial score (nSPS) is 13.4. The van der Waals surface area contributed by atoms with Crippen LogP contribution in [0.5, 0.6) is 5.75 Å². The van der Waals surface area contributed by atoms with Gasteiger partial charge in [-0.1, -0.05) is 6.07 Å². The van der Waals surface area contributed by atoms with E-state index in [0.29, 0.717) is 17.7 Å². The number of aromatic carboxylic acids is 1. The maximum atomic E-state index is 12.1. The molecule has 0 amide bonds. The van der Waals surface area contributed by atoms with Gasteiger partial charge >= 0.3 is 5.97 Å². The molecule has 6 nitrogen and oxygen atoms in total.